The van der Waals surface area contributed by atoms with Crippen LogP contribution >= 0.6 is 11.3 Å². The van der Waals surface area contributed by atoms with Crippen LogP contribution in [-0.4, -0.2) is 11.7 Å². The molecule has 0 saturated carbocycles. The predicted molar refractivity (Wildman–Crippen MR) is 215 cm³/mol. The number of fused-ring (bicyclic) bond motifs is 3. The van der Waals surface area contributed by atoms with E-state index in [1.54, 1.807) is 0 Å². The third kappa shape index (κ3) is 6.75. The van der Waals surface area contributed by atoms with E-state index in [0.717, 1.165) is 47.1 Å². The van der Waals surface area contributed by atoms with E-state index in [2.05, 4.69) is 103 Å². The maximum absolute atomic E-state index is 9.45. The summed E-state index contributed by atoms with van der Waals surface area (Å²) in [4.78, 5) is 9.89. The Bertz CT molecular complexity index is 2470. The molecule has 6 aromatic rings. The average molecular weight is 677 g/mol. The fourth-order valence-electron chi connectivity index (χ4n) is 6.98. The van der Waals surface area contributed by atoms with Crippen LogP contribution in [0.5, 0.6) is 0 Å². The van der Waals surface area contributed by atoms with Crippen LogP contribution in [0, 0.1) is 11.3 Å². The molecule has 4 nitrogen and oxygen atoms in total. The lowest BCUT2D eigenvalue weighted by molar-refractivity contribution is 0.858. The van der Waals surface area contributed by atoms with E-state index in [4.69, 9.17) is 15.7 Å². The number of hydrogen-bond acceptors (Lipinski definition) is 3. The fourth-order valence-corrected chi connectivity index (χ4v) is 8.27. The zero-order chi connectivity index (χ0) is 34.6. The highest BCUT2D eigenvalue weighted by Crippen LogP contribution is 2.45. The van der Waals surface area contributed by atoms with Crippen LogP contribution in [0.1, 0.15) is 47.4 Å². The Balaban J connectivity index is 1.22. The molecule has 246 valence electrons. The van der Waals surface area contributed by atoms with Crippen LogP contribution in [0.25, 0.3) is 36.9 Å². The number of hydrogen-bond donors (Lipinski definition) is 1. The van der Waals surface area contributed by atoms with Gasteiger partial charge in [0.1, 0.15) is 5.84 Å². The molecule has 0 spiro atoms. The van der Waals surface area contributed by atoms with Crippen molar-refractivity contribution in [2.24, 2.45) is 15.7 Å². The predicted octanol–water partition coefficient (Wildman–Crippen LogP) is 11.3. The molecule has 0 bridgehead atoms. The van der Waals surface area contributed by atoms with Crippen LogP contribution in [0.3, 0.4) is 0 Å². The Morgan fingerprint density at radius 1 is 0.843 bits per heavy atom. The lowest BCUT2D eigenvalue weighted by atomic mass is 9.86. The van der Waals surface area contributed by atoms with Gasteiger partial charge in [-0.15, -0.1) is 11.3 Å². The van der Waals surface area contributed by atoms with E-state index in [9.17, 15) is 5.26 Å². The van der Waals surface area contributed by atoms with E-state index in [-0.39, 0.29) is 5.92 Å². The van der Waals surface area contributed by atoms with Gasteiger partial charge in [-0.2, -0.15) is 5.26 Å². The summed E-state index contributed by atoms with van der Waals surface area (Å²) < 4.78 is 2.55. The lowest BCUT2D eigenvalue weighted by Gasteiger charge is -2.19. The summed E-state index contributed by atoms with van der Waals surface area (Å²) in [6.45, 7) is 0.524. The zero-order valence-corrected chi connectivity index (χ0v) is 29.0. The average Bonchev–Trinajstić information content (AvgIpc) is 3.59. The quantitative estimate of drug-likeness (QED) is 0.135. The van der Waals surface area contributed by atoms with Gasteiger partial charge in [0.15, 0.2) is 5.84 Å². The molecule has 5 heteroatoms. The van der Waals surface area contributed by atoms with Gasteiger partial charge in [-0.3, -0.25) is 4.99 Å². The molecule has 0 saturated heterocycles. The van der Waals surface area contributed by atoms with Crippen molar-refractivity contribution in [3.05, 3.63) is 185 Å². The Hall–Kier alpha value is -6.09. The zero-order valence-electron chi connectivity index (χ0n) is 28.2. The Labute approximate surface area is 302 Å². The van der Waals surface area contributed by atoms with Gasteiger partial charge in [-0.25, -0.2) is 4.99 Å². The summed E-state index contributed by atoms with van der Waals surface area (Å²) in [6, 6.07) is 44.6. The number of thiophene rings is 1. The van der Waals surface area contributed by atoms with Gasteiger partial charge in [0.2, 0.25) is 0 Å². The third-order valence-corrected chi connectivity index (χ3v) is 10.9. The first-order chi connectivity index (χ1) is 25.1. The van der Waals surface area contributed by atoms with Gasteiger partial charge in [-0.05, 0) is 82.5 Å². The minimum Gasteiger partial charge on any atom is -0.383 e. The highest BCUT2D eigenvalue weighted by molar-refractivity contribution is 7.26. The molecular formula is C46H36N4S. The van der Waals surface area contributed by atoms with Crippen LogP contribution in [0.4, 0.5) is 0 Å². The van der Waals surface area contributed by atoms with Crippen molar-refractivity contribution in [1.82, 2.24) is 0 Å². The molecule has 8 rings (SSSR count). The number of benzene rings is 5. The number of nitrogens with two attached hydrogens (primary N) is 1. The molecule has 0 amide bonds. The maximum Gasteiger partial charge on any atom is 0.157 e. The van der Waals surface area contributed by atoms with Crippen molar-refractivity contribution in [3.8, 4) is 17.2 Å². The summed E-state index contributed by atoms with van der Waals surface area (Å²) >= 11 is 1.86. The van der Waals surface area contributed by atoms with Crippen LogP contribution in [-0.2, 0) is 6.54 Å². The molecule has 2 aliphatic rings. The number of aliphatic imine (C=N–C) groups is 2. The Morgan fingerprint density at radius 2 is 1.61 bits per heavy atom. The van der Waals surface area contributed by atoms with Gasteiger partial charge in [0.05, 0.1) is 12.6 Å². The first-order valence-corrected chi connectivity index (χ1v) is 18.2. The molecule has 1 heterocycles. The van der Waals surface area contributed by atoms with Crippen molar-refractivity contribution < 1.29 is 0 Å². The first-order valence-electron chi connectivity index (χ1n) is 17.4. The largest absolute Gasteiger partial charge is 0.383 e. The molecule has 1 aromatic heterocycles. The second-order valence-electron chi connectivity index (χ2n) is 12.9. The van der Waals surface area contributed by atoms with Crippen LogP contribution < -0.4 is 5.73 Å². The smallest absolute Gasteiger partial charge is 0.157 e. The second kappa shape index (κ2) is 14.4. The number of nitrogens with zero attached hydrogens (tertiary/aromatic N) is 3. The summed E-state index contributed by atoms with van der Waals surface area (Å²) in [5.74, 6) is 1.34. The summed E-state index contributed by atoms with van der Waals surface area (Å²) in [6.07, 6.45) is 13.2. The first kappa shape index (κ1) is 32.1. The molecule has 0 aliphatic heterocycles. The van der Waals surface area contributed by atoms with Crippen molar-refractivity contribution in [1.29, 1.82) is 5.26 Å². The maximum atomic E-state index is 9.45. The summed E-state index contributed by atoms with van der Waals surface area (Å²) in [7, 11) is 0. The molecular weight excluding hydrogens is 641 g/mol. The molecule has 0 fully saturated rings. The molecule has 2 aliphatic carbocycles. The second-order valence-corrected chi connectivity index (χ2v) is 14.0. The molecule has 1 unspecified atom stereocenters. The van der Waals surface area contributed by atoms with E-state index < -0.39 is 0 Å². The van der Waals surface area contributed by atoms with Gasteiger partial charge in [-0.1, -0.05) is 127 Å². The van der Waals surface area contributed by atoms with Crippen molar-refractivity contribution in [3.63, 3.8) is 0 Å². The Morgan fingerprint density at radius 3 is 2.35 bits per heavy atom. The highest BCUT2D eigenvalue weighted by atomic mass is 32.1. The van der Waals surface area contributed by atoms with Gasteiger partial charge in [0, 0.05) is 37.2 Å². The Kier molecular flexibility index (Phi) is 9.08. The SMILES string of the molecule is N#CC1=CCC(c2ccc(C3=CCCC(C(N)=NC(=NCc4ccccc4)c4ccccc4)=C3)c3c2sc2ccc(-c4ccccc4)cc23)C=C1. The monoisotopic (exact) mass is 676 g/mol. The van der Waals surface area contributed by atoms with Gasteiger partial charge < -0.3 is 5.73 Å². The van der Waals surface area contributed by atoms with E-state index in [1.165, 1.54) is 42.4 Å². The normalized spacial score (nSPS) is 16.5. The van der Waals surface area contributed by atoms with Crippen molar-refractivity contribution >= 4 is 48.8 Å². The van der Waals surface area contributed by atoms with E-state index >= 15 is 0 Å². The minimum atomic E-state index is 0.209. The highest BCUT2D eigenvalue weighted by Gasteiger charge is 2.22. The van der Waals surface area contributed by atoms with Crippen molar-refractivity contribution in [2.45, 2.75) is 31.7 Å². The summed E-state index contributed by atoms with van der Waals surface area (Å²) in [5, 5.41) is 12.0. The third-order valence-electron chi connectivity index (χ3n) is 9.64. The van der Waals surface area contributed by atoms with Gasteiger partial charge in [0.25, 0.3) is 0 Å². The van der Waals surface area contributed by atoms with Crippen LogP contribution in [0.2, 0.25) is 0 Å². The number of allylic oxidation sites excluding steroid dienone is 7. The number of nitriles is 1. The molecule has 5 aromatic carbocycles. The van der Waals surface area contributed by atoms with Crippen LogP contribution in [0.15, 0.2) is 173 Å². The number of amidine groups is 2. The molecule has 1 atom stereocenters. The van der Waals surface area contributed by atoms with E-state index in [1.807, 2.05) is 65.9 Å². The minimum absolute atomic E-state index is 0.209. The van der Waals surface area contributed by atoms with Gasteiger partial charge >= 0.3 is 0 Å². The fraction of sp³-hybridized carbons (Fsp3) is 0.109. The molecule has 0 radical (unpaired) electrons. The molecule has 51 heavy (non-hydrogen) atoms. The van der Waals surface area contributed by atoms with E-state index in [0.29, 0.717) is 18.2 Å². The van der Waals surface area contributed by atoms with Crippen molar-refractivity contribution in [2.75, 3.05) is 0 Å². The standard InChI is InChI=1S/C46H36N4S/c47-29-31-19-21-34(22-20-31)40-25-24-39(43-41-28-36(33-13-6-2-7-14-33)23-26-42(41)51-44(40)43)37-17-10-18-38(27-37)45(48)50-46(35-15-8-3-9-16-35)49-30-32-11-4-1-5-12-32/h1-9,11-17,19-21,23-28,34H,10,18,22,30H2,(H2,48,49,50). The molecule has 2 N–H and O–H groups in total. The summed E-state index contributed by atoms with van der Waals surface area (Å²) in [5.41, 5.74) is 16.7. The number of rotatable bonds is 7. The topological polar surface area (TPSA) is 74.5 Å². The lowest BCUT2D eigenvalue weighted by Crippen LogP contribution is -2.19.